The molecular formula is C13H17N5O. The van der Waals surface area contributed by atoms with Crippen LogP contribution in [0.4, 0.5) is 0 Å². The Bertz CT molecular complexity index is 527. The van der Waals surface area contributed by atoms with Crippen LogP contribution in [0.15, 0.2) is 23.1 Å². The van der Waals surface area contributed by atoms with Gasteiger partial charge in [0.1, 0.15) is 5.69 Å². The second-order valence-electron chi connectivity index (χ2n) is 4.93. The zero-order valence-corrected chi connectivity index (χ0v) is 10.7. The van der Waals surface area contributed by atoms with Crippen molar-refractivity contribution < 1.29 is 4.52 Å². The zero-order chi connectivity index (χ0) is 13.1. The average molecular weight is 259 g/mol. The third-order valence-corrected chi connectivity index (χ3v) is 3.76. The van der Waals surface area contributed by atoms with E-state index >= 15 is 0 Å². The van der Waals surface area contributed by atoms with Gasteiger partial charge in [0.05, 0.1) is 6.20 Å². The number of hydrogen-bond acceptors (Lipinski definition) is 6. The molecule has 6 nitrogen and oxygen atoms in total. The Balaban J connectivity index is 1.84. The smallest absolute Gasteiger partial charge is 0.230 e. The zero-order valence-electron chi connectivity index (χ0n) is 10.7. The minimum absolute atomic E-state index is 0.289. The average Bonchev–Trinajstić information content (AvgIpc) is 2.98. The summed E-state index contributed by atoms with van der Waals surface area (Å²) in [7, 11) is 0. The molecule has 100 valence electrons. The molecule has 0 bridgehead atoms. The molecule has 1 aliphatic rings. The van der Waals surface area contributed by atoms with E-state index in [-0.39, 0.29) is 5.92 Å². The van der Waals surface area contributed by atoms with Gasteiger partial charge in [-0.15, -0.1) is 0 Å². The number of hydrogen-bond donors (Lipinski definition) is 1. The van der Waals surface area contributed by atoms with Crippen LogP contribution in [0.5, 0.6) is 0 Å². The lowest BCUT2D eigenvalue weighted by Gasteiger charge is -2.27. The maximum atomic E-state index is 5.84. The molecule has 1 fully saturated rings. The molecule has 0 amide bonds. The van der Waals surface area contributed by atoms with Crippen molar-refractivity contribution in [1.29, 1.82) is 0 Å². The Kier molecular flexibility index (Phi) is 3.50. The summed E-state index contributed by atoms with van der Waals surface area (Å²) in [4.78, 5) is 12.7. The van der Waals surface area contributed by atoms with Gasteiger partial charge in [0.25, 0.3) is 0 Å². The number of nitrogens with two attached hydrogens (primary N) is 1. The molecule has 0 radical (unpaired) electrons. The van der Waals surface area contributed by atoms with Gasteiger partial charge in [0.2, 0.25) is 11.7 Å². The summed E-state index contributed by atoms with van der Waals surface area (Å²) in [5.74, 6) is 1.93. The Morgan fingerprint density at radius 1 is 1.26 bits per heavy atom. The molecular weight excluding hydrogens is 242 g/mol. The highest BCUT2D eigenvalue weighted by molar-refractivity contribution is 5.45. The molecule has 2 N–H and O–H groups in total. The van der Waals surface area contributed by atoms with E-state index in [2.05, 4.69) is 20.1 Å². The summed E-state index contributed by atoms with van der Waals surface area (Å²) in [5, 5.41) is 4.00. The number of aromatic nitrogens is 4. The van der Waals surface area contributed by atoms with Gasteiger partial charge < -0.3 is 10.3 Å². The topological polar surface area (TPSA) is 90.7 Å². The van der Waals surface area contributed by atoms with E-state index in [0.29, 0.717) is 29.9 Å². The van der Waals surface area contributed by atoms with Crippen LogP contribution < -0.4 is 5.73 Å². The van der Waals surface area contributed by atoms with Gasteiger partial charge in [0.15, 0.2) is 0 Å². The lowest BCUT2D eigenvalue weighted by atomic mass is 9.79. The van der Waals surface area contributed by atoms with E-state index in [9.17, 15) is 0 Å². The molecule has 2 atom stereocenters. The highest BCUT2D eigenvalue weighted by Gasteiger charge is 2.30. The van der Waals surface area contributed by atoms with Crippen LogP contribution in [0, 0.1) is 5.92 Å². The normalized spacial score (nSPS) is 23.4. The van der Waals surface area contributed by atoms with Crippen LogP contribution in [-0.4, -0.2) is 26.7 Å². The quantitative estimate of drug-likeness (QED) is 0.903. The van der Waals surface area contributed by atoms with Crippen molar-refractivity contribution in [3.8, 4) is 11.5 Å². The van der Waals surface area contributed by atoms with Crippen molar-refractivity contribution >= 4 is 0 Å². The first-order chi connectivity index (χ1) is 9.38. The molecule has 6 heteroatoms. The fourth-order valence-electron chi connectivity index (χ4n) is 2.72. The van der Waals surface area contributed by atoms with Gasteiger partial charge in [-0.05, 0) is 25.3 Å². The molecule has 1 aliphatic carbocycles. The minimum Gasteiger partial charge on any atom is -0.339 e. The second kappa shape index (κ2) is 5.44. The van der Waals surface area contributed by atoms with Crippen molar-refractivity contribution in [3.63, 3.8) is 0 Å². The summed E-state index contributed by atoms with van der Waals surface area (Å²) >= 11 is 0. The molecule has 2 aromatic heterocycles. The van der Waals surface area contributed by atoms with Crippen molar-refractivity contribution in [2.75, 3.05) is 6.54 Å². The van der Waals surface area contributed by atoms with Crippen LogP contribution >= 0.6 is 0 Å². The summed E-state index contributed by atoms with van der Waals surface area (Å²) < 4.78 is 5.41. The van der Waals surface area contributed by atoms with Crippen LogP contribution in [0.25, 0.3) is 11.5 Å². The molecule has 0 saturated heterocycles. The number of rotatable bonds is 3. The van der Waals surface area contributed by atoms with E-state index in [0.717, 1.165) is 12.8 Å². The van der Waals surface area contributed by atoms with Crippen LogP contribution in [-0.2, 0) is 0 Å². The first-order valence-electron chi connectivity index (χ1n) is 6.68. The lowest BCUT2D eigenvalue weighted by molar-refractivity contribution is 0.249. The van der Waals surface area contributed by atoms with Crippen molar-refractivity contribution in [2.45, 2.75) is 31.6 Å². The SMILES string of the molecule is NCC1CCCCC1c1nc(-c2cnccn2)no1. The molecule has 2 aromatic rings. The Labute approximate surface area is 111 Å². The molecule has 3 rings (SSSR count). The van der Waals surface area contributed by atoms with E-state index in [4.69, 9.17) is 10.3 Å². The van der Waals surface area contributed by atoms with Gasteiger partial charge >= 0.3 is 0 Å². The Hall–Kier alpha value is -1.82. The second-order valence-corrected chi connectivity index (χ2v) is 4.93. The monoisotopic (exact) mass is 259 g/mol. The molecule has 1 saturated carbocycles. The fraction of sp³-hybridized carbons (Fsp3) is 0.538. The predicted octanol–water partition coefficient (Wildman–Crippen LogP) is 1.76. The van der Waals surface area contributed by atoms with Crippen molar-refractivity contribution in [1.82, 2.24) is 20.1 Å². The highest BCUT2D eigenvalue weighted by atomic mass is 16.5. The van der Waals surface area contributed by atoms with Crippen LogP contribution in [0.1, 0.15) is 37.5 Å². The maximum Gasteiger partial charge on any atom is 0.230 e. The first-order valence-corrected chi connectivity index (χ1v) is 6.68. The standard InChI is InChI=1S/C13H17N5O/c14-7-9-3-1-2-4-10(9)13-17-12(18-19-13)11-8-15-5-6-16-11/h5-6,8-10H,1-4,7,14H2. The van der Waals surface area contributed by atoms with E-state index < -0.39 is 0 Å². The van der Waals surface area contributed by atoms with Crippen molar-refractivity contribution in [2.24, 2.45) is 11.7 Å². The predicted molar refractivity (Wildman–Crippen MR) is 69.1 cm³/mol. The Morgan fingerprint density at radius 3 is 2.95 bits per heavy atom. The van der Waals surface area contributed by atoms with Crippen LogP contribution in [0.3, 0.4) is 0 Å². The molecule has 0 aliphatic heterocycles. The molecule has 0 aromatic carbocycles. The van der Waals surface area contributed by atoms with Crippen LogP contribution in [0.2, 0.25) is 0 Å². The molecule has 19 heavy (non-hydrogen) atoms. The first kappa shape index (κ1) is 12.2. The van der Waals surface area contributed by atoms with E-state index in [1.807, 2.05) is 0 Å². The van der Waals surface area contributed by atoms with Gasteiger partial charge in [-0.1, -0.05) is 18.0 Å². The third kappa shape index (κ3) is 2.49. The Morgan fingerprint density at radius 2 is 2.16 bits per heavy atom. The summed E-state index contributed by atoms with van der Waals surface area (Å²) in [6, 6.07) is 0. The number of nitrogens with zero attached hydrogens (tertiary/aromatic N) is 4. The van der Waals surface area contributed by atoms with E-state index in [1.165, 1.54) is 12.8 Å². The highest BCUT2D eigenvalue weighted by Crippen LogP contribution is 2.36. The summed E-state index contributed by atoms with van der Waals surface area (Å²) in [6.07, 6.45) is 9.53. The maximum absolute atomic E-state index is 5.84. The van der Waals surface area contributed by atoms with Gasteiger partial charge in [-0.2, -0.15) is 4.98 Å². The lowest BCUT2D eigenvalue weighted by Crippen LogP contribution is -2.25. The van der Waals surface area contributed by atoms with E-state index in [1.54, 1.807) is 18.6 Å². The van der Waals surface area contributed by atoms with Crippen molar-refractivity contribution in [3.05, 3.63) is 24.5 Å². The van der Waals surface area contributed by atoms with Gasteiger partial charge in [-0.3, -0.25) is 4.98 Å². The molecule has 0 spiro atoms. The molecule has 2 heterocycles. The largest absolute Gasteiger partial charge is 0.339 e. The van der Waals surface area contributed by atoms with Gasteiger partial charge in [-0.25, -0.2) is 4.98 Å². The summed E-state index contributed by atoms with van der Waals surface area (Å²) in [5.41, 5.74) is 6.47. The summed E-state index contributed by atoms with van der Waals surface area (Å²) in [6.45, 7) is 0.674. The minimum atomic E-state index is 0.289. The third-order valence-electron chi connectivity index (χ3n) is 3.76. The fourth-order valence-corrected chi connectivity index (χ4v) is 2.72. The molecule has 2 unspecified atom stereocenters. The van der Waals surface area contributed by atoms with Gasteiger partial charge in [0, 0.05) is 18.3 Å².